The molecule has 0 radical (unpaired) electrons. The van der Waals surface area contributed by atoms with Crippen LogP contribution in [0.2, 0.25) is 5.02 Å². The molecule has 1 atom stereocenters. The Morgan fingerprint density at radius 2 is 2.10 bits per heavy atom. The number of hydrogen-bond donors (Lipinski definition) is 2. The molecule has 1 rings (SSSR count). The summed E-state index contributed by atoms with van der Waals surface area (Å²) >= 11 is 6.05. The zero-order valence-corrected chi connectivity index (χ0v) is 13.4. The van der Waals surface area contributed by atoms with Crippen LogP contribution in [0.15, 0.2) is 18.2 Å². The first-order chi connectivity index (χ1) is 8.79. The zero-order chi connectivity index (χ0) is 14.6. The van der Waals surface area contributed by atoms with Gasteiger partial charge in [0.05, 0.1) is 0 Å². The maximum Gasteiger partial charge on any atom is 0.224 e. The van der Waals surface area contributed by atoms with Gasteiger partial charge in [0.1, 0.15) is 5.82 Å². The van der Waals surface area contributed by atoms with Crippen LogP contribution in [0.25, 0.3) is 0 Å². The van der Waals surface area contributed by atoms with Crippen molar-refractivity contribution in [2.24, 2.45) is 11.7 Å². The summed E-state index contributed by atoms with van der Waals surface area (Å²) in [5, 5.41) is 3.15. The summed E-state index contributed by atoms with van der Waals surface area (Å²) in [6.45, 7) is 6.01. The minimum Gasteiger partial charge on any atom is -0.355 e. The Bertz CT molecular complexity index is 446. The third kappa shape index (κ3) is 4.62. The van der Waals surface area contributed by atoms with Crippen LogP contribution in [0.3, 0.4) is 0 Å². The molecular formula is C14H21Cl2FN2O. The molecule has 0 aliphatic rings. The first-order valence-electron chi connectivity index (χ1n) is 6.22. The van der Waals surface area contributed by atoms with Crippen LogP contribution in [-0.4, -0.2) is 19.0 Å². The Morgan fingerprint density at radius 3 is 2.60 bits per heavy atom. The van der Waals surface area contributed by atoms with Gasteiger partial charge in [0.25, 0.3) is 0 Å². The van der Waals surface area contributed by atoms with Crippen molar-refractivity contribution in [1.29, 1.82) is 0 Å². The number of rotatable bonds is 5. The highest BCUT2D eigenvalue weighted by Crippen LogP contribution is 2.31. The Labute approximate surface area is 130 Å². The molecule has 1 aromatic rings. The van der Waals surface area contributed by atoms with Gasteiger partial charge in [0.15, 0.2) is 0 Å². The molecule has 1 unspecified atom stereocenters. The third-order valence-corrected chi connectivity index (χ3v) is 3.46. The number of benzene rings is 1. The van der Waals surface area contributed by atoms with Crippen molar-refractivity contribution in [3.63, 3.8) is 0 Å². The second kappa shape index (κ2) is 7.81. The maximum atomic E-state index is 13.9. The van der Waals surface area contributed by atoms with Crippen LogP contribution in [0.5, 0.6) is 0 Å². The van der Waals surface area contributed by atoms with Crippen molar-refractivity contribution < 1.29 is 9.18 Å². The highest BCUT2D eigenvalue weighted by atomic mass is 35.5. The topological polar surface area (TPSA) is 55.1 Å². The zero-order valence-electron chi connectivity index (χ0n) is 11.9. The number of hydrogen-bond acceptors (Lipinski definition) is 2. The van der Waals surface area contributed by atoms with Gasteiger partial charge in [-0.2, -0.15) is 0 Å². The van der Waals surface area contributed by atoms with Gasteiger partial charge in [-0.1, -0.05) is 38.4 Å². The molecule has 0 aromatic heterocycles. The number of halogens is 3. The predicted molar refractivity (Wildman–Crippen MR) is 82.9 cm³/mol. The molecule has 0 aliphatic heterocycles. The number of nitrogens with one attached hydrogen (secondary N) is 1. The molecule has 20 heavy (non-hydrogen) atoms. The molecule has 1 amide bonds. The fraction of sp³-hybridized carbons (Fsp3) is 0.500. The van der Waals surface area contributed by atoms with Crippen LogP contribution in [0, 0.1) is 11.7 Å². The van der Waals surface area contributed by atoms with E-state index >= 15 is 0 Å². The minimum atomic E-state index is -0.591. The van der Waals surface area contributed by atoms with Gasteiger partial charge in [-0.15, -0.1) is 12.4 Å². The van der Waals surface area contributed by atoms with Crippen molar-refractivity contribution in [3.05, 3.63) is 34.6 Å². The summed E-state index contributed by atoms with van der Waals surface area (Å²) in [4.78, 5) is 11.7. The second-order valence-corrected chi connectivity index (χ2v) is 5.74. The van der Waals surface area contributed by atoms with E-state index < -0.39 is 5.41 Å². The fourth-order valence-electron chi connectivity index (χ4n) is 1.82. The van der Waals surface area contributed by atoms with E-state index in [-0.39, 0.29) is 36.6 Å². The van der Waals surface area contributed by atoms with E-state index in [1.807, 2.05) is 13.8 Å². The van der Waals surface area contributed by atoms with Crippen molar-refractivity contribution in [2.75, 3.05) is 13.1 Å². The number of amides is 1. The highest BCUT2D eigenvalue weighted by molar-refractivity contribution is 6.31. The van der Waals surface area contributed by atoms with Gasteiger partial charge in [0.2, 0.25) is 5.91 Å². The number of nitrogens with two attached hydrogens (primary N) is 1. The molecule has 1 aromatic carbocycles. The van der Waals surface area contributed by atoms with E-state index in [9.17, 15) is 9.18 Å². The quantitative estimate of drug-likeness (QED) is 0.875. The summed E-state index contributed by atoms with van der Waals surface area (Å²) in [5.74, 6) is -0.756. The van der Waals surface area contributed by atoms with Crippen molar-refractivity contribution in [3.8, 4) is 0 Å². The van der Waals surface area contributed by atoms with Gasteiger partial charge in [-0.05, 0) is 12.1 Å². The summed E-state index contributed by atoms with van der Waals surface area (Å²) in [5.41, 5.74) is 5.25. The van der Waals surface area contributed by atoms with Crippen LogP contribution in [0.4, 0.5) is 4.39 Å². The van der Waals surface area contributed by atoms with Crippen LogP contribution in [-0.2, 0) is 10.2 Å². The normalized spacial score (nSPS) is 12.5. The monoisotopic (exact) mass is 322 g/mol. The average molecular weight is 323 g/mol. The third-order valence-electron chi connectivity index (χ3n) is 3.15. The van der Waals surface area contributed by atoms with E-state index in [2.05, 4.69) is 5.32 Å². The van der Waals surface area contributed by atoms with Gasteiger partial charge >= 0.3 is 0 Å². The van der Waals surface area contributed by atoms with Crippen LogP contribution < -0.4 is 11.1 Å². The van der Waals surface area contributed by atoms with Gasteiger partial charge < -0.3 is 11.1 Å². The van der Waals surface area contributed by atoms with Crippen molar-refractivity contribution in [2.45, 2.75) is 26.2 Å². The van der Waals surface area contributed by atoms with Gasteiger partial charge in [-0.25, -0.2) is 4.39 Å². The highest BCUT2D eigenvalue weighted by Gasteiger charge is 2.27. The second-order valence-electron chi connectivity index (χ2n) is 5.34. The first-order valence-corrected chi connectivity index (χ1v) is 6.59. The van der Waals surface area contributed by atoms with Crippen molar-refractivity contribution >= 4 is 29.9 Å². The lowest BCUT2D eigenvalue weighted by molar-refractivity contribution is -0.124. The standard InChI is InChI=1S/C14H20ClFN2O.ClH/c1-9(7-17)13(19)18-8-14(2,3)12-10(15)5-4-6-11(12)16;/h4-6,9H,7-8,17H2,1-3H3,(H,18,19);1H. The first kappa shape index (κ1) is 19.2. The Balaban J connectivity index is 0.00000361. The smallest absolute Gasteiger partial charge is 0.224 e. The SMILES string of the molecule is CC(CN)C(=O)NCC(C)(C)c1c(F)cccc1Cl.Cl. The van der Waals surface area contributed by atoms with E-state index in [4.69, 9.17) is 17.3 Å². The Kier molecular flexibility index (Phi) is 7.49. The van der Waals surface area contributed by atoms with E-state index in [0.29, 0.717) is 17.1 Å². The molecule has 0 saturated carbocycles. The molecule has 6 heteroatoms. The lowest BCUT2D eigenvalue weighted by Crippen LogP contribution is -2.41. The molecule has 0 spiro atoms. The van der Waals surface area contributed by atoms with Gasteiger partial charge in [0, 0.05) is 35.0 Å². The molecule has 0 heterocycles. The molecule has 3 nitrogen and oxygen atoms in total. The predicted octanol–water partition coefficient (Wildman–Crippen LogP) is 2.89. The van der Waals surface area contributed by atoms with E-state index in [1.165, 1.54) is 6.07 Å². The molecule has 0 bridgehead atoms. The Morgan fingerprint density at radius 1 is 1.50 bits per heavy atom. The Hall–Kier alpha value is -0.840. The summed E-state index contributed by atoms with van der Waals surface area (Å²) in [7, 11) is 0. The average Bonchev–Trinajstić information content (AvgIpc) is 2.34. The van der Waals surface area contributed by atoms with Crippen LogP contribution >= 0.6 is 24.0 Å². The minimum absolute atomic E-state index is 0. The largest absolute Gasteiger partial charge is 0.355 e. The summed E-state index contributed by atoms with van der Waals surface area (Å²) in [6.07, 6.45) is 0. The number of carbonyl (C=O) groups is 1. The molecule has 3 N–H and O–H groups in total. The lowest BCUT2D eigenvalue weighted by atomic mass is 9.84. The van der Waals surface area contributed by atoms with Crippen molar-refractivity contribution in [1.82, 2.24) is 5.32 Å². The summed E-state index contributed by atoms with van der Waals surface area (Å²) < 4.78 is 13.9. The van der Waals surface area contributed by atoms with E-state index in [1.54, 1.807) is 19.1 Å². The molecular weight excluding hydrogens is 302 g/mol. The summed E-state index contributed by atoms with van der Waals surface area (Å²) in [6, 6.07) is 4.58. The molecule has 0 aliphatic carbocycles. The molecule has 114 valence electrons. The van der Waals surface area contributed by atoms with E-state index in [0.717, 1.165) is 0 Å². The van der Waals surface area contributed by atoms with Gasteiger partial charge in [-0.3, -0.25) is 4.79 Å². The molecule has 0 fully saturated rings. The molecule has 0 saturated heterocycles. The number of carbonyl (C=O) groups excluding carboxylic acids is 1. The lowest BCUT2D eigenvalue weighted by Gasteiger charge is -2.27. The van der Waals surface area contributed by atoms with Crippen LogP contribution in [0.1, 0.15) is 26.3 Å². The fourth-order valence-corrected chi connectivity index (χ4v) is 2.24. The maximum absolute atomic E-state index is 13.9.